The topological polar surface area (TPSA) is 86.3 Å². The fraction of sp³-hybridized carbons (Fsp3) is 0.286. The number of halogens is 1. The smallest absolute Gasteiger partial charge is 0.258 e. The van der Waals surface area contributed by atoms with E-state index in [0.29, 0.717) is 10.8 Å². The number of hydrogen-bond acceptors (Lipinski definition) is 6. The lowest BCUT2D eigenvalue weighted by Crippen LogP contribution is -2.20. The molecule has 3 aromatic heterocycles. The Morgan fingerprint density at radius 3 is 2.48 bits per heavy atom. The lowest BCUT2D eigenvalue weighted by atomic mass is 10.3. The lowest BCUT2D eigenvalue weighted by molar-refractivity contribution is 0.300. The Bertz CT molecular complexity index is 968. The average molecular weight is 414 g/mol. The number of pyridine rings is 3. The molecule has 2 N–H and O–H groups in total. The molecule has 0 amide bonds. The van der Waals surface area contributed by atoms with E-state index < -0.39 is 0 Å². The van der Waals surface area contributed by atoms with Crippen molar-refractivity contribution in [2.45, 2.75) is 19.4 Å². The minimum Gasteiger partial charge on any atom is -0.487 e. The van der Waals surface area contributed by atoms with Crippen LogP contribution >= 0.6 is 11.6 Å². The second-order valence-electron chi connectivity index (χ2n) is 6.40. The number of aromatic nitrogens is 3. The molecular formula is C21H24ClN5O2. The van der Waals surface area contributed by atoms with Gasteiger partial charge in [0.15, 0.2) is 0 Å². The van der Waals surface area contributed by atoms with Gasteiger partial charge in [-0.05, 0) is 50.2 Å². The highest BCUT2D eigenvalue weighted by Crippen LogP contribution is 2.19. The maximum atomic E-state index is 12.4. The van der Waals surface area contributed by atoms with Crippen molar-refractivity contribution in [3.63, 3.8) is 0 Å². The van der Waals surface area contributed by atoms with Crippen LogP contribution in [0, 0.1) is 0 Å². The van der Waals surface area contributed by atoms with Crippen molar-refractivity contribution in [2.24, 2.45) is 5.73 Å². The molecule has 1 saturated heterocycles. The van der Waals surface area contributed by atoms with E-state index in [1.807, 2.05) is 12.1 Å². The van der Waals surface area contributed by atoms with Gasteiger partial charge in [0.1, 0.15) is 18.2 Å². The first-order chi connectivity index (χ1) is 14.2. The van der Waals surface area contributed by atoms with E-state index in [0.717, 1.165) is 30.3 Å². The number of nitrogens with zero attached hydrogens (tertiary/aromatic N) is 4. The van der Waals surface area contributed by atoms with Gasteiger partial charge in [0.25, 0.3) is 5.56 Å². The number of ether oxygens (including phenoxy) is 1. The fourth-order valence-corrected chi connectivity index (χ4v) is 3.18. The van der Waals surface area contributed by atoms with Crippen LogP contribution in [-0.2, 0) is 6.61 Å². The van der Waals surface area contributed by atoms with Crippen LogP contribution in [0.15, 0.2) is 59.8 Å². The van der Waals surface area contributed by atoms with E-state index in [1.54, 1.807) is 41.4 Å². The molecule has 152 valence electrons. The van der Waals surface area contributed by atoms with Gasteiger partial charge in [0.05, 0.1) is 22.6 Å². The quantitative estimate of drug-likeness (QED) is 0.691. The van der Waals surface area contributed by atoms with Crippen molar-refractivity contribution in [3.05, 3.63) is 76.1 Å². The molecule has 0 bridgehead atoms. The van der Waals surface area contributed by atoms with Gasteiger partial charge >= 0.3 is 0 Å². The molecule has 4 heterocycles. The highest BCUT2D eigenvalue weighted by molar-refractivity contribution is 6.30. The number of rotatable bonds is 5. The number of nitrogens with two attached hydrogens (primary N) is 1. The van der Waals surface area contributed by atoms with Crippen LogP contribution in [0.5, 0.6) is 5.75 Å². The van der Waals surface area contributed by atoms with Crippen molar-refractivity contribution in [1.82, 2.24) is 14.5 Å². The Morgan fingerprint density at radius 2 is 1.86 bits per heavy atom. The summed E-state index contributed by atoms with van der Waals surface area (Å²) in [7, 11) is 1.50. The first kappa shape index (κ1) is 20.8. The van der Waals surface area contributed by atoms with Gasteiger partial charge in [-0.25, -0.2) is 4.98 Å². The van der Waals surface area contributed by atoms with Crippen LogP contribution in [0.25, 0.3) is 5.69 Å². The minimum absolute atomic E-state index is 0.174. The normalized spacial score (nSPS) is 13.0. The predicted molar refractivity (Wildman–Crippen MR) is 115 cm³/mol. The molecule has 1 fully saturated rings. The maximum Gasteiger partial charge on any atom is 0.258 e. The maximum absolute atomic E-state index is 12.4. The first-order valence-electron chi connectivity index (χ1n) is 9.44. The molecular weight excluding hydrogens is 390 g/mol. The molecule has 0 aromatic carbocycles. The largest absolute Gasteiger partial charge is 0.487 e. The summed E-state index contributed by atoms with van der Waals surface area (Å²) in [4.78, 5) is 23.4. The molecule has 0 spiro atoms. The molecule has 8 heteroatoms. The number of hydrogen-bond donors (Lipinski definition) is 1. The minimum atomic E-state index is -0.174. The van der Waals surface area contributed by atoms with Gasteiger partial charge in [0, 0.05) is 31.5 Å². The zero-order chi connectivity index (χ0) is 20.6. The van der Waals surface area contributed by atoms with E-state index in [2.05, 4.69) is 20.6 Å². The van der Waals surface area contributed by atoms with Crippen molar-refractivity contribution in [3.8, 4) is 11.4 Å². The third-order valence-electron chi connectivity index (χ3n) is 4.51. The average Bonchev–Trinajstić information content (AvgIpc) is 3.30. The van der Waals surface area contributed by atoms with Crippen LogP contribution in [0.2, 0.25) is 5.02 Å². The number of anilines is 1. The summed E-state index contributed by atoms with van der Waals surface area (Å²) in [5, 5.41) is 0.575. The molecule has 0 atom stereocenters. The zero-order valence-corrected chi connectivity index (χ0v) is 17.0. The summed E-state index contributed by atoms with van der Waals surface area (Å²) >= 11 is 5.82. The highest BCUT2D eigenvalue weighted by Gasteiger charge is 2.13. The second kappa shape index (κ2) is 10.0. The van der Waals surface area contributed by atoms with Crippen molar-refractivity contribution >= 4 is 17.4 Å². The van der Waals surface area contributed by atoms with Crippen LogP contribution in [0.1, 0.15) is 18.5 Å². The molecule has 7 nitrogen and oxygen atoms in total. The SMILES string of the molecule is CN.O=c1cc(OCc2ccc(Cl)cn2)ccn1-c1ccc(N2CCCC2)nc1. The Hall–Kier alpha value is -2.90. The van der Waals surface area contributed by atoms with Crippen LogP contribution in [-0.4, -0.2) is 34.7 Å². The van der Waals surface area contributed by atoms with E-state index in [4.69, 9.17) is 16.3 Å². The van der Waals surface area contributed by atoms with E-state index in [9.17, 15) is 4.79 Å². The Kier molecular flexibility index (Phi) is 7.21. The van der Waals surface area contributed by atoms with Crippen molar-refractivity contribution in [1.29, 1.82) is 0 Å². The summed E-state index contributed by atoms with van der Waals surface area (Å²) < 4.78 is 7.20. The Balaban J connectivity index is 0.00000117. The van der Waals surface area contributed by atoms with E-state index >= 15 is 0 Å². The zero-order valence-electron chi connectivity index (χ0n) is 16.3. The molecule has 1 aliphatic heterocycles. The molecule has 3 aromatic rings. The van der Waals surface area contributed by atoms with Gasteiger partial charge in [-0.2, -0.15) is 0 Å². The molecule has 0 radical (unpaired) electrons. The second-order valence-corrected chi connectivity index (χ2v) is 6.83. The highest BCUT2D eigenvalue weighted by atomic mass is 35.5. The summed E-state index contributed by atoms with van der Waals surface area (Å²) in [6, 6.07) is 10.6. The Labute approximate surface area is 174 Å². The van der Waals surface area contributed by atoms with Crippen LogP contribution in [0.3, 0.4) is 0 Å². The standard InChI is InChI=1S/C20H19ClN4O2.CH5N/c21-15-3-4-16(22-12-15)14-27-18-7-10-25(20(26)11-18)17-5-6-19(23-13-17)24-8-1-2-9-24;1-2/h3-7,10-13H,1-2,8-9,14H2;2H2,1H3. The summed E-state index contributed by atoms with van der Waals surface area (Å²) in [6.45, 7) is 2.36. The molecule has 4 rings (SSSR count). The third kappa shape index (κ3) is 5.34. The van der Waals surface area contributed by atoms with E-state index in [1.165, 1.54) is 26.0 Å². The molecule has 0 saturated carbocycles. The van der Waals surface area contributed by atoms with Gasteiger partial charge in [-0.1, -0.05) is 11.6 Å². The van der Waals surface area contributed by atoms with Crippen LogP contribution in [0.4, 0.5) is 5.82 Å². The van der Waals surface area contributed by atoms with Gasteiger partial charge in [-0.15, -0.1) is 0 Å². The van der Waals surface area contributed by atoms with Gasteiger partial charge in [0.2, 0.25) is 0 Å². The van der Waals surface area contributed by atoms with Crippen molar-refractivity contribution < 1.29 is 4.74 Å². The summed E-state index contributed by atoms with van der Waals surface area (Å²) in [5.74, 6) is 1.45. The molecule has 29 heavy (non-hydrogen) atoms. The molecule has 1 aliphatic rings. The van der Waals surface area contributed by atoms with E-state index in [-0.39, 0.29) is 12.2 Å². The summed E-state index contributed by atoms with van der Waals surface area (Å²) in [5.41, 5.74) is 5.80. The molecule has 0 unspecified atom stereocenters. The lowest BCUT2D eigenvalue weighted by Gasteiger charge is -2.16. The van der Waals surface area contributed by atoms with Crippen LogP contribution < -0.4 is 20.9 Å². The van der Waals surface area contributed by atoms with Gasteiger partial charge < -0.3 is 15.4 Å². The predicted octanol–water partition coefficient (Wildman–Crippen LogP) is 3.04. The fourth-order valence-electron chi connectivity index (χ4n) is 3.07. The van der Waals surface area contributed by atoms with Gasteiger partial charge in [-0.3, -0.25) is 14.3 Å². The van der Waals surface area contributed by atoms with Crippen molar-refractivity contribution in [2.75, 3.05) is 25.0 Å². The molecule has 0 aliphatic carbocycles. The Morgan fingerprint density at radius 1 is 1.07 bits per heavy atom. The third-order valence-corrected chi connectivity index (χ3v) is 4.73. The summed E-state index contributed by atoms with van der Waals surface area (Å²) in [6.07, 6.45) is 7.40. The monoisotopic (exact) mass is 413 g/mol. The first-order valence-corrected chi connectivity index (χ1v) is 9.82.